The minimum atomic E-state index is -3.91. The molecular weight excluding hydrogens is 274 g/mol. The van der Waals surface area contributed by atoms with Crippen LogP contribution in [-0.2, 0) is 9.05 Å². The molecule has 0 aromatic heterocycles. The lowest BCUT2D eigenvalue weighted by molar-refractivity contribution is 0.0767. The zero-order valence-electron chi connectivity index (χ0n) is 9.54. The zero-order chi connectivity index (χ0) is 13.2. The van der Waals surface area contributed by atoms with Gasteiger partial charge in [0.15, 0.2) is 0 Å². The van der Waals surface area contributed by atoms with Crippen molar-refractivity contribution >= 4 is 25.6 Å². The van der Waals surface area contributed by atoms with Crippen LogP contribution in [0.25, 0.3) is 0 Å². The summed E-state index contributed by atoms with van der Waals surface area (Å²) in [5, 5.41) is 0. The van der Waals surface area contributed by atoms with Crippen LogP contribution in [0.3, 0.4) is 0 Å². The van der Waals surface area contributed by atoms with Gasteiger partial charge in [-0.1, -0.05) is 24.3 Å². The van der Waals surface area contributed by atoms with Crippen LogP contribution >= 0.6 is 10.7 Å². The number of hydrogen-bond donors (Lipinski definition) is 0. The fraction of sp³-hybridized carbons (Fsp3) is 0.250. The third-order valence-corrected chi connectivity index (χ3v) is 4.11. The third kappa shape index (κ3) is 2.73. The predicted molar refractivity (Wildman–Crippen MR) is 69.1 cm³/mol. The Morgan fingerprint density at radius 3 is 2.56 bits per heavy atom. The van der Waals surface area contributed by atoms with E-state index in [0.717, 1.165) is 6.42 Å². The molecule has 0 fully saturated rings. The van der Waals surface area contributed by atoms with E-state index >= 15 is 0 Å². The summed E-state index contributed by atoms with van der Waals surface area (Å²) in [6.45, 7) is 1.08. The summed E-state index contributed by atoms with van der Waals surface area (Å²) in [7, 11) is 1.42. The van der Waals surface area contributed by atoms with E-state index in [-0.39, 0.29) is 16.4 Å². The third-order valence-electron chi connectivity index (χ3n) is 2.73. The molecule has 1 amide bonds. The standard InChI is InChI=1S/C12H12ClNO3S/c13-18(16,17)11-7-3-2-6-10(11)12(15)14-8-4-1-5-9-14/h1-4,6-7H,5,8-9H2. The first-order chi connectivity index (χ1) is 8.50. The van der Waals surface area contributed by atoms with Gasteiger partial charge in [0.05, 0.1) is 10.5 Å². The fourth-order valence-corrected chi connectivity index (χ4v) is 2.91. The summed E-state index contributed by atoms with van der Waals surface area (Å²) < 4.78 is 22.8. The SMILES string of the molecule is O=C(c1ccccc1S(=O)(=O)Cl)N1CC=CCC1. The first kappa shape index (κ1) is 13.1. The van der Waals surface area contributed by atoms with Gasteiger partial charge >= 0.3 is 0 Å². The van der Waals surface area contributed by atoms with E-state index in [2.05, 4.69) is 0 Å². The van der Waals surface area contributed by atoms with Crippen LogP contribution in [0, 0.1) is 0 Å². The van der Waals surface area contributed by atoms with Crippen LogP contribution in [-0.4, -0.2) is 32.3 Å². The van der Waals surface area contributed by atoms with Gasteiger partial charge in [0.25, 0.3) is 15.0 Å². The molecule has 1 heterocycles. The Kier molecular flexibility index (Phi) is 3.73. The van der Waals surface area contributed by atoms with Crippen LogP contribution < -0.4 is 0 Å². The highest BCUT2D eigenvalue weighted by atomic mass is 35.7. The fourth-order valence-electron chi connectivity index (χ4n) is 1.85. The van der Waals surface area contributed by atoms with Crippen molar-refractivity contribution in [2.75, 3.05) is 13.1 Å². The van der Waals surface area contributed by atoms with E-state index in [1.165, 1.54) is 12.1 Å². The highest BCUT2D eigenvalue weighted by Crippen LogP contribution is 2.21. The van der Waals surface area contributed by atoms with E-state index in [4.69, 9.17) is 10.7 Å². The van der Waals surface area contributed by atoms with Crippen LogP contribution in [0.4, 0.5) is 0 Å². The van der Waals surface area contributed by atoms with Crippen molar-refractivity contribution in [1.29, 1.82) is 0 Å². The molecular formula is C12H12ClNO3S. The van der Waals surface area contributed by atoms with Crippen LogP contribution in [0.15, 0.2) is 41.3 Å². The largest absolute Gasteiger partial charge is 0.335 e. The minimum Gasteiger partial charge on any atom is -0.335 e. The van der Waals surface area contributed by atoms with E-state index < -0.39 is 9.05 Å². The van der Waals surface area contributed by atoms with Gasteiger partial charge in [-0.3, -0.25) is 4.79 Å². The van der Waals surface area contributed by atoms with Gasteiger partial charge in [0.2, 0.25) is 0 Å². The Balaban J connectivity index is 2.39. The monoisotopic (exact) mass is 285 g/mol. The normalized spacial score (nSPS) is 15.7. The molecule has 0 radical (unpaired) electrons. The number of hydrogen-bond acceptors (Lipinski definition) is 3. The first-order valence-electron chi connectivity index (χ1n) is 5.48. The van der Waals surface area contributed by atoms with Gasteiger partial charge in [-0.05, 0) is 18.6 Å². The van der Waals surface area contributed by atoms with Gasteiger partial charge in [-0.2, -0.15) is 0 Å². The molecule has 0 aliphatic carbocycles. The number of benzene rings is 1. The van der Waals surface area contributed by atoms with E-state index in [9.17, 15) is 13.2 Å². The summed E-state index contributed by atoms with van der Waals surface area (Å²) in [5.74, 6) is -0.306. The molecule has 0 saturated heterocycles. The maximum absolute atomic E-state index is 12.2. The van der Waals surface area contributed by atoms with Crippen molar-refractivity contribution in [3.8, 4) is 0 Å². The van der Waals surface area contributed by atoms with Gasteiger partial charge < -0.3 is 4.90 Å². The van der Waals surface area contributed by atoms with Crippen LogP contribution in [0.2, 0.25) is 0 Å². The smallest absolute Gasteiger partial charge is 0.262 e. The molecule has 0 saturated carbocycles. The summed E-state index contributed by atoms with van der Waals surface area (Å²) in [6.07, 6.45) is 4.66. The lowest BCUT2D eigenvalue weighted by Gasteiger charge is -2.24. The maximum atomic E-state index is 12.2. The van der Waals surface area contributed by atoms with E-state index in [1.54, 1.807) is 17.0 Å². The molecule has 0 spiro atoms. The highest BCUT2D eigenvalue weighted by Gasteiger charge is 2.23. The van der Waals surface area contributed by atoms with Gasteiger partial charge in [0.1, 0.15) is 0 Å². The van der Waals surface area contributed by atoms with Crippen molar-refractivity contribution < 1.29 is 13.2 Å². The second-order valence-corrected chi connectivity index (χ2v) is 6.48. The average Bonchev–Trinajstić information content (AvgIpc) is 2.38. The molecule has 4 nitrogen and oxygen atoms in total. The van der Waals surface area contributed by atoms with Crippen molar-refractivity contribution in [3.05, 3.63) is 42.0 Å². The summed E-state index contributed by atoms with van der Waals surface area (Å²) in [4.78, 5) is 13.7. The molecule has 1 aliphatic rings. The van der Waals surface area contributed by atoms with Crippen molar-refractivity contribution in [2.24, 2.45) is 0 Å². The average molecular weight is 286 g/mol. The molecule has 0 unspecified atom stereocenters. The molecule has 0 bridgehead atoms. The molecule has 0 N–H and O–H groups in total. The Morgan fingerprint density at radius 1 is 1.22 bits per heavy atom. The van der Waals surface area contributed by atoms with Gasteiger partial charge in [-0.15, -0.1) is 0 Å². The molecule has 1 aliphatic heterocycles. The number of carbonyl (C=O) groups excluding carboxylic acids is 1. The zero-order valence-corrected chi connectivity index (χ0v) is 11.1. The number of carbonyl (C=O) groups is 1. The van der Waals surface area contributed by atoms with E-state index in [0.29, 0.717) is 13.1 Å². The summed E-state index contributed by atoms with van der Waals surface area (Å²) in [6, 6.07) is 5.99. The second kappa shape index (κ2) is 5.12. The Bertz CT molecular complexity index is 595. The summed E-state index contributed by atoms with van der Waals surface area (Å²) >= 11 is 0. The maximum Gasteiger partial charge on any atom is 0.262 e. The number of amides is 1. The lowest BCUT2D eigenvalue weighted by Crippen LogP contribution is -2.34. The number of nitrogens with zero attached hydrogens (tertiary/aromatic N) is 1. The topological polar surface area (TPSA) is 54.5 Å². The Hall–Kier alpha value is -1.33. The Morgan fingerprint density at radius 2 is 1.94 bits per heavy atom. The molecule has 6 heteroatoms. The molecule has 1 aromatic rings. The predicted octanol–water partition coefficient (Wildman–Crippen LogP) is 2.02. The van der Waals surface area contributed by atoms with Gasteiger partial charge in [-0.25, -0.2) is 8.42 Å². The Labute approximate surface area is 110 Å². The first-order valence-corrected chi connectivity index (χ1v) is 7.79. The second-order valence-electron chi connectivity index (χ2n) is 3.95. The quantitative estimate of drug-likeness (QED) is 0.617. The summed E-state index contributed by atoms with van der Waals surface area (Å²) in [5.41, 5.74) is 0.128. The highest BCUT2D eigenvalue weighted by molar-refractivity contribution is 8.13. The molecule has 96 valence electrons. The molecule has 0 atom stereocenters. The number of rotatable bonds is 2. The van der Waals surface area contributed by atoms with Crippen molar-refractivity contribution in [1.82, 2.24) is 4.90 Å². The minimum absolute atomic E-state index is 0.128. The van der Waals surface area contributed by atoms with E-state index in [1.807, 2.05) is 12.2 Å². The molecule has 1 aromatic carbocycles. The molecule has 18 heavy (non-hydrogen) atoms. The van der Waals surface area contributed by atoms with Crippen molar-refractivity contribution in [2.45, 2.75) is 11.3 Å². The molecule has 2 rings (SSSR count). The van der Waals surface area contributed by atoms with Crippen LogP contribution in [0.1, 0.15) is 16.8 Å². The lowest BCUT2D eigenvalue weighted by atomic mass is 10.1. The van der Waals surface area contributed by atoms with Crippen molar-refractivity contribution in [3.63, 3.8) is 0 Å². The number of halogens is 1. The van der Waals surface area contributed by atoms with Gasteiger partial charge in [0, 0.05) is 23.8 Å². The van der Waals surface area contributed by atoms with Crippen LogP contribution in [0.5, 0.6) is 0 Å².